The van der Waals surface area contributed by atoms with E-state index in [1.807, 2.05) is 12.1 Å². The third-order valence-electron chi connectivity index (χ3n) is 5.56. The van der Waals surface area contributed by atoms with Crippen molar-refractivity contribution in [2.24, 2.45) is 0 Å². The minimum Gasteiger partial charge on any atom is -0.504 e. The van der Waals surface area contributed by atoms with Crippen LogP contribution in [0.4, 0.5) is 8.78 Å². The zero-order valence-electron chi connectivity index (χ0n) is 16.5. The first-order chi connectivity index (χ1) is 14.5. The van der Waals surface area contributed by atoms with Crippen molar-refractivity contribution in [3.63, 3.8) is 0 Å². The molecule has 30 heavy (non-hydrogen) atoms. The zero-order valence-corrected chi connectivity index (χ0v) is 16.5. The van der Waals surface area contributed by atoms with Gasteiger partial charge >= 0.3 is 0 Å². The fraction of sp³-hybridized carbons (Fsp3) is 0.348. The predicted octanol–water partition coefficient (Wildman–Crippen LogP) is 4.08. The van der Waals surface area contributed by atoms with E-state index in [0.717, 1.165) is 50.5 Å². The van der Waals surface area contributed by atoms with Gasteiger partial charge in [-0.1, -0.05) is 18.2 Å². The van der Waals surface area contributed by atoms with Crippen LogP contribution in [0.15, 0.2) is 42.5 Å². The number of amides is 1. The molecular formula is C23H24F2N2O3. The summed E-state index contributed by atoms with van der Waals surface area (Å²) in [6.45, 7) is 2.72. The molecule has 0 saturated heterocycles. The van der Waals surface area contributed by atoms with Gasteiger partial charge in [0.25, 0.3) is 5.91 Å². The number of rotatable bonds is 6. The van der Waals surface area contributed by atoms with Gasteiger partial charge < -0.3 is 15.2 Å². The molecule has 4 rings (SSSR count). The molecule has 1 unspecified atom stereocenters. The standard InChI is InChI=1S/C23H24F2N2O3/c24-17-6-4-15(5-7-17)16-10-13-27(14-11-16)12-2-1-3-20-26-23(29)21-18(25)8-9-19(28)22(21)30-20/h4-10,20,28H,1-3,11-14H2,(H,26,29). The van der Waals surface area contributed by atoms with Gasteiger partial charge in [0.15, 0.2) is 17.7 Å². The summed E-state index contributed by atoms with van der Waals surface area (Å²) in [6.07, 6.45) is 4.86. The van der Waals surface area contributed by atoms with Crippen LogP contribution in [0.5, 0.6) is 11.5 Å². The van der Waals surface area contributed by atoms with Crippen LogP contribution < -0.4 is 10.1 Å². The van der Waals surface area contributed by atoms with Gasteiger partial charge in [-0.25, -0.2) is 8.78 Å². The van der Waals surface area contributed by atoms with Crippen molar-refractivity contribution in [1.82, 2.24) is 10.2 Å². The Morgan fingerprint density at radius 2 is 1.93 bits per heavy atom. The number of benzene rings is 2. The summed E-state index contributed by atoms with van der Waals surface area (Å²) < 4.78 is 32.5. The van der Waals surface area contributed by atoms with Gasteiger partial charge in [0.2, 0.25) is 0 Å². The number of hydrogen-bond donors (Lipinski definition) is 2. The first-order valence-electron chi connectivity index (χ1n) is 10.2. The topological polar surface area (TPSA) is 61.8 Å². The van der Waals surface area contributed by atoms with Crippen molar-refractivity contribution in [2.45, 2.75) is 31.9 Å². The van der Waals surface area contributed by atoms with Crippen molar-refractivity contribution in [2.75, 3.05) is 19.6 Å². The Bertz CT molecular complexity index is 960. The van der Waals surface area contributed by atoms with E-state index in [0.29, 0.717) is 6.42 Å². The molecule has 7 heteroatoms. The Balaban J connectivity index is 1.23. The third-order valence-corrected chi connectivity index (χ3v) is 5.56. The Hall–Kier alpha value is -2.93. The van der Waals surface area contributed by atoms with E-state index in [2.05, 4.69) is 16.3 Å². The maximum absolute atomic E-state index is 13.8. The Morgan fingerprint density at radius 1 is 1.13 bits per heavy atom. The van der Waals surface area contributed by atoms with Crippen LogP contribution in [0.25, 0.3) is 5.57 Å². The van der Waals surface area contributed by atoms with E-state index in [1.54, 1.807) is 0 Å². The highest BCUT2D eigenvalue weighted by atomic mass is 19.1. The summed E-state index contributed by atoms with van der Waals surface area (Å²) in [4.78, 5) is 14.5. The summed E-state index contributed by atoms with van der Waals surface area (Å²) in [5.41, 5.74) is 2.07. The normalized spacial score (nSPS) is 18.9. The van der Waals surface area contributed by atoms with Crippen molar-refractivity contribution < 1.29 is 23.4 Å². The quantitative estimate of drug-likeness (QED) is 0.700. The number of phenols is 1. The number of phenolic OH excluding ortho intramolecular Hbond substituents is 1. The lowest BCUT2D eigenvalue weighted by atomic mass is 9.99. The number of carbonyl (C=O) groups is 1. The SMILES string of the molecule is O=C1NC(CCCCN2CC=C(c3ccc(F)cc3)CC2)Oc2c(O)ccc(F)c21. The van der Waals surface area contributed by atoms with Gasteiger partial charge in [0.1, 0.15) is 17.2 Å². The number of fused-ring (bicyclic) bond motifs is 1. The third kappa shape index (κ3) is 4.46. The lowest BCUT2D eigenvalue weighted by molar-refractivity contribution is 0.0713. The average molecular weight is 414 g/mol. The summed E-state index contributed by atoms with van der Waals surface area (Å²) in [5, 5.41) is 12.5. The molecule has 2 N–H and O–H groups in total. The molecule has 158 valence electrons. The first kappa shape index (κ1) is 20.3. The van der Waals surface area contributed by atoms with E-state index in [4.69, 9.17) is 4.74 Å². The lowest BCUT2D eigenvalue weighted by Gasteiger charge is -2.28. The maximum Gasteiger partial charge on any atom is 0.261 e. The van der Waals surface area contributed by atoms with Gasteiger partial charge in [-0.2, -0.15) is 0 Å². The fourth-order valence-electron chi connectivity index (χ4n) is 3.91. The summed E-state index contributed by atoms with van der Waals surface area (Å²) in [6, 6.07) is 8.84. The van der Waals surface area contributed by atoms with Gasteiger partial charge in [-0.15, -0.1) is 0 Å². The number of halogens is 2. The minimum atomic E-state index is -0.711. The number of nitrogens with zero attached hydrogens (tertiary/aromatic N) is 1. The van der Waals surface area contributed by atoms with E-state index < -0.39 is 18.0 Å². The number of ether oxygens (including phenoxy) is 1. The molecule has 5 nitrogen and oxygen atoms in total. The second-order valence-corrected chi connectivity index (χ2v) is 7.63. The molecule has 0 aliphatic carbocycles. The van der Waals surface area contributed by atoms with Crippen LogP contribution in [-0.4, -0.2) is 41.8 Å². The summed E-state index contributed by atoms with van der Waals surface area (Å²) in [5.74, 6) is -1.82. The number of aromatic hydroxyl groups is 1. The number of unbranched alkanes of at least 4 members (excludes halogenated alkanes) is 1. The van der Waals surface area contributed by atoms with E-state index in [9.17, 15) is 18.7 Å². The average Bonchev–Trinajstić information content (AvgIpc) is 2.75. The molecule has 0 spiro atoms. The van der Waals surface area contributed by atoms with Gasteiger partial charge in [0, 0.05) is 19.5 Å². The predicted molar refractivity (Wildman–Crippen MR) is 109 cm³/mol. The Morgan fingerprint density at radius 3 is 2.67 bits per heavy atom. The van der Waals surface area contributed by atoms with E-state index >= 15 is 0 Å². The van der Waals surface area contributed by atoms with E-state index in [1.165, 1.54) is 23.8 Å². The molecule has 0 radical (unpaired) electrons. The van der Waals surface area contributed by atoms with Crippen LogP contribution in [0.2, 0.25) is 0 Å². The smallest absolute Gasteiger partial charge is 0.261 e. The van der Waals surface area contributed by atoms with E-state index in [-0.39, 0.29) is 22.9 Å². The monoisotopic (exact) mass is 414 g/mol. The van der Waals surface area contributed by atoms with Gasteiger partial charge in [0.05, 0.1) is 0 Å². The molecule has 2 heterocycles. The Kier molecular flexibility index (Phi) is 5.99. The molecule has 1 amide bonds. The highest BCUT2D eigenvalue weighted by molar-refractivity contribution is 5.99. The molecule has 2 aliphatic heterocycles. The molecule has 1 atom stereocenters. The number of hydrogen-bond acceptors (Lipinski definition) is 4. The molecule has 0 bridgehead atoms. The maximum atomic E-state index is 13.8. The molecule has 0 fully saturated rings. The first-order valence-corrected chi connectivity index (χ1v) is 10.2. The Labute approximate surface area is 174 Å². The fourth-order valence-corrected chi connectivity index (χ4v) is 3.91. The molecular weight excluding hydrogens is 390 g/mol. The molecule has 0 saturated carbocycles. The van der Waals surface area contributed by atoms with Gasteiger partial charge in [-0.3, -0.25) is 9.69 Å². The number of carbonyl (C=O) groups excluding carboxylic acids is 1. The summed E-state index contributed by atoms with van der Waals surface area (Å²) >= 11 is 0. The van der Waals surface area contributed by atoms with Crippen LogP contribution in [0.3, 0.4) is 0 Å². The second-order valence-electron chi connectivity index (χ2n) is 7.63. The highest BCUT2D eigenvalue weighted by Crippen LogP contribution is 2.35. The van der Waals surface area contributed by atoms with Crippen LogP contribution in [0.1, 0.15) is 41.6 Å². The molecule has 0 aromatic heterocycles. The number of nitrogens with one attached hydrogen (secondary N) is 1. The zero-order chi connectivity index (χ0) is 21.1. The van der Waals surface area contributed by atoms with Gasteiger partial charge in [-0.05, 0) is 61.2 Å². The molecule has 2 aromatic carbocycles. The summed E-state index contributed by atoms with van der Waals surface area (Å²) in [7, 11) is 0. The van der Waals surface area contributed by atoms with Crippen LogP contribution in [-0.2, 0) is 0 Å². The van der Waals surface area contributed by atoms with Crippen molar-refractivity contribution in [1.29, 1.82) is 0 Å². The minimum absolute atomic E-state index is 0.0850. The second kappa shape index (κ2) is 8.83. The largest absolute Gasteiger partial charge is 0.504 e. The van der Waals surface area contributed by atoms with Crippen molar-refractivity contribution in [3.05, 3.63) is 65.2 Å². The highest BCUT2D eigenvalue weighted by Gasteiger charge is 2.30. The lowest BCUT2D eigenvalue weighted by Crippen LogP contribution is -2.43. The molecule has 2 aromatic rings. The van der Waals surface area contributed by atoms with Crippen LogP contribution in [0, 0.1) is 11.6 Å². The van der Waals surface area contributed by atoms with Crippen LogP contribution >= 0.6 is 0 Å². The molecule has 2 aliphatic rings. The van der Waals surface area contributed by atoms with Crippen molar-refractivity contribution >= 4 is 11.5 Å². The van der Waals surface area contributed by atoms with Crippen molar-refractivity contribution in [3.8, 4) is 11.5 Å².